The normalized spacial score (nSPS) is 12.5. The minimum atomic E-state index is -1.27. The number of amides is 1. The summed E-state index contributed by atoms with van der Waals surface area (Å²) in [6.45, 7) is 2.59. The number of aliphatic hydroxyl groups is 2. The van der Waals surface area contributed by atoms with Gasteiger partial charge in [-0.25, -0.2) is 0 Å². The van der Waals surface area contributed by atoms with Crippen LogP contribution in [-0.4, -0.2) is 48.5 Å². The fourth-order valence-corrected chi connectivity index (χ4v) is 2.02. The summed E-state index contributed by atoms with van der Waals surface area (Å²) in [6.07, 6.45) is 0.439. The van der Waals surface area contributed by atoms with E-state index in [4.69, 9.17) is 4.74 Å². The van der Waals surface area contributed by atoms with E-state index in [9.17, 15) is 19.8 Å². The number of hydrogen-bond acceptors (Lipinski definition) is 5. The monoisotopic (exact) mass is 323 g/mol. The molecule has 3 N–H and O–H groups in total. The third-order valence-electron chi connectivity index (χ3n) is 3.70. The van der Waals surface area contributed by atoms with Crippen LogP contribution in [0.25, 0.3) is 0 Å². The summed E-state index contributed by atoms with van der Waals surface area (Å²) < 4.78 is 5.06. The summed E-state index contributed by atoms with van der Waals surface area (Å²) in [6, 6.07) is 9.45. The highest BCUT2D eigenvalue weighted by atomic mass is 16.5. The summed E-state index contributed by atoms with van der Waals surface area (Å²) in [5, 5.41) is 21.1. The maximum absolute atomic E-state index is 12.1. The zero-order valence-electron chi connectivity index (χ0n) is 13.6. The van der Waals surface area contributed by atoms with E-state index in [0.717, 1.165) is 5.56 Å². The number of carbonyl (C=O) groups is 2. The predicted octanol–water partition coefficient (Wildman–Crippen LogP) is 0.516. The molecule has 0 aliphatic carbocycles. The lowest BCUT2D eigenvalue weighted by atomic mass is 9.91. The Kier molecular flexibility index (Phi) is 7.71. The number of hydrogen-bond donors (Lipinski definition) is 3. The van der Waals surface area contributed by atoms with Crippen LogP contribution in [0.4, 0.5) is 0 Å². The molecule has 1 aromatic rings. The highest BCUT2D eigenvalue weighted by molar-refractivity contribution is 5.83. The molecule has 0 heterocycles. The smallest absolute Gasteiger partial charge is 0.311 e. The maximum atomic E-state index is 12.1. The van der Waals surface area contributed by atoms with Gasteiger partial charge in [0.2, 0.25) is 5.91 Å². The van der Waals surface area contributed by atoms with E-state index < -0.39 is 30.5 Å². The zero-order valence-corrected chi connectivity index (χ0v) is 13.6. The number of ether oxygens (including phenoxy) is 1. The number of benzene rings is 1. The van der Waals surface area contributed by atoms with Gasteiger partial charge in [-0.1, -0.05) is 30.3 Å². The fourth-order valence-electron chi connectivity index (χ4n) is 2.02. The third-order valence-corrected chi connectivity index (χ3v) is 3.70. The molecule has 0 aromatic heterocycles. The molecule has 0 unspecified atom stereocenters. The van der Waals surface area contributed by atoms with Crippen molar-refractivity contribution in [1.82, 2.24) is 5.32 Å². The van der Waals surface area contributed by atoms with Crippen LogP contribution in [0.5, 0.6) is 0 Å². The quantitative estimate of drug-likeness (QED) is 0.576. The first-order valence-corrected chi connectivity index (χ1v) is 7.67. The van der Waals surface area contributed by atoms with Crippen molar-refractivity contribution in [3.05, 3.63) is 35.9 Å². The number of nitrogens with one attached hydrogen (secondary N) is 1. The molecular formula is C17H25NO5. The van der Waals surface area contributed by atoms with Crippen LogP contribution in [0, 0.1) is 11.3 Å². The Balaban J connectivity index is 2.74. The maximum Gasteiger partial charge on any atom is 0.311 e. The van der Waals surface area contributed by atoms with Crippen LogP contribution in [0.1, 0.15) is 19.4 Å². The van der Waals surface area contributed by atoms with E-state index in [1.165, 1.54) is 6.92 Å². The van der Waals surface area contributed by atoms with E-state index in [2.05, 4.69) is 5.32 Å². The Morgan fingerprint density at radius 3 is 2.35 bits per heavy atom. The Morgan fingerprint density at radius 2 is 1.83 bits per heavy atom. The minimum absolute atomic E-state index is 0.0855. The first-order valence-electron chi connectivity index (χ1n) is 7.67. The minimum Gasteiger partial charge on any atom is -0.466 e. The summed E-state index contributed by atoms with van der Waals surface area (Å²) in [5.74, 6) is -1.40. The number of rotatable bonds is 9. The van der Waals surface area contributed by atoms with Gasteiger partial charge in [-0.2, -0.15) is 0 Å². The molecule has 0 spiro atoms. The summed E-state index contributed by atoms with van der Waals surface area (Å²) in [7, 11) is 0. The lowest BCUT2D eigenvalue weighted by Gasteiger charge is -2.25. The van der Waals surface area contributed by atoms with Gasteiger partial charge in [0, 0.05) is 6.54 Å². The average molecular weight is 323 g/mol. The number of carbonyl (C=O) groups excluding carboxylic acids is 2. The highest BCUT2D eigenvalue weighted by Gasteiger charge is 2.32. The standard InChI is InChI=1S/C17H25NO5/c1-3-23-15(21)14(9-13-7-5-4-6-8-13)10-18-16(22)17(2,11-19)12-20/h4-8,14,19-20H,3,9-12H2,1-2H3,(H,18,22)/t14-/m0/s1. The predicted molar refractivity (Wildman–Crippen MR) is 85.6 cm³/mol. The summed E-state index contributed by atoms with van der Waals surface area (Å²) >= 11 is 0. The van der Waals surface area contributed by atoms with E-state index in [0.29, 0.717) is 6.42 Å². The van der Waals surface area contributed by atoms with Crippen molar-refractivity contribution in [2.75, 3.05) is 26.4 Å². The molecule has 0 fully saturated rings. The van der Waals surface area contributed by atoms with Crippen molar-refractivity contribution in [1.29, 1.82) is 0 Å². The molecule has 0 saturated heterocycles. The lowest BCUT2D eigenvalue weighted by molar-refractivity contribution is -0.148. The van der Waals surface area contributed by atoms with Gasteiger partial charge in [0.1, 0.15) is 0 Å². The van der Waals surface area contributed by atoms with Crippen molar-refractivity contribution in [2.45, 2.75) is 20.3 Å². The third kappa shape index (κ3) is 5.65. The van der Waals surface area contributed by atoms with Gasteiger partial charge < -0.3 is 20.3 Å². The summed E-state index contributed by atoms with van der Waals surface area (Å²) in [5.41, 5.74) is -0.307. The Bertz CT molecular complexity index is 499. The Morgan fingerprint density at radius 1 is 1.22 bits per heavy atom. The van der Waals surface area contributed by atoms with Crippen molar-refractivity contribution in [3.63, 3.8) is 0 Å². The van der Waals surface area contributed by atoms with Gasteiger partial charge in [0.15, 0.2) is 0 Å². The molecule has 6 nitrogen and oxygen atoms in total. The lowest BCUT2D eigenvalue weighted by Crippen LogP contribution is -2.46. The molecule has 1 aromatic carbocycles. The fraction of sp³-hybridized carbons (Fsp3) is 0.529. The van der Waals surface area contributed by atoms with Gasteiger partial charge >= 0.3 is 5.97 Å². The first-order chi connectivity index (χ1) is 11.0. The highest BCUT2D eigenvalue weighted by Crippen LogP contribution is 2.15. The van der Waals surface area contributed by atoms with E-state index in [1.54, 1.807) is 6.92 Å². The van der Waals surface area contributed by atoms with Crippen LogP contribution in [0.3, 0.4) is 0 Å². The Labute approximate surface area is 136 Å². The molecule has 1 amide bonds. The molecule has 128 valence electrons. The number of esters is 1. The van der Waals surface area contributed by atoms with Gasteiger partial charge in [-0.05, 0) is 25.8 Å². The van der Waals surface area contributed by atoms with Gasteiger partial charge in [-0.3, -0.25) is 9.59 Å². The molecule has 6 heteroatoms. The zero-order chi connectivity index (χ0) is 17.3. The molecule has 0 aliphatic rings. The molecular weight excluding hydrogens is 298 g/mol. The van der Waals surface area contributed by atoms with E-state index >= 15 is 0 Å². The van der Waals surface area contributed by atoms with Crippen molar-refractivity contribution in [2.24, 2.45) is 11.3 Å². The molecule has 0 aliphatic heterocycles. The van der Waals surface area contributed by atoms with Crippen LogP contribution in [-0.2, 0) is 20.7 Å². The molecule has 23 heavy (non-hydrogen) atoms. The average Bonchev–Trinajstić information content (AvgIpc) is 2.58. The molecule has 1 rings (SSSR count). The van der Waals surface area contributed by atoms with Crippen molar-refractivity contribution >= 4 is 11.9 Å². The van der Waals surface area contributed by atoms with Crippen LogP contribution in [0.2, 0.25) is 0 Å². The van der Waals surface area contributed by atoms with E-state index in [-0.39, 0.29) is 19.1 Å². The van der Waals surface area contributed by atoms with Crippen LogP contribution >= 0.6 is 0 Å². The van der Waals surface area contributed by atoms with Gasteiger partial charge in [0.05, 0.1) is 31.2 Å². The van der Waals surface area contributed by atoms with Crippen LogP contribution < -0.4 is 5.32 Å². The first kappa shape index (κ1) is 19.1. The topological polar surface area (TPSA) is 95.9 Å². The largest absolute Gasteiger partial charge is 0.466 e. The Hall–Kier alpha value is -1.92. The molecule has 0 bridgehead atoms. The molecule has 0 radical (unpaired) electrons. The van der Waals surface area contributed by atoms with E-state index in [1.807, 2.05) is 30.3 Å². The SMILES string of the molecule is CCOC(=O)[C@H](CNC(=O)C(C)(CO)CO)Cc1ccccc1. The second kappa shape index (κ2) is 9.27. The van der Waals surface area contributed by atoms with Gasteiger partial charge in [0.25, 0.3) is 0 Å². The van der Waals surface area contributed by atoms with Crippen molar-refractivity contribution < 1.29 is 24.5 Å². The molecule has 0 saturated carbocycles. The second-order valence-corrected chi connectivity index (χ2v) is 5.73. The molecule has 1 atom stereocenters. The van der Waals surface area contributed by atoms with Crippen molar-refractivity contribution in [3.8, 4) is 0 Å². The van der Waals surface area contributed by atoms with Gasteiger partial charge in [-0.15, -0.1) is 0 Å². The van der Waals surface area contributed by atoms with Crippen LogP contribution in [0.15, 0.2) is 30.3 Å². The summed E-state index contributed by atoms with van der Waals surface area (Å²) in [4.78, 5) is 24.2. The number of aliphatic hydroxyl groups excluding tert-OH is 2. The second-order valence-electron chi connectivity index (χ2n) is 5.73.